The summed E-state index contributed by atoms with van der Waals surface area (Å²) in [5.41, 5.74) is 0.918. The predicted octanol–water partition coefficient (Wildman–Crippen LogP) is 2.08. The molecule has 1 atom stereocenters. The molecule has 0 bridgehead atoms. The molecule has 0 aliphatic carbocycles. The third kappa shape index (κ3) is 4.68. The lowest BCUT2D eigenvalue weighted by atomic mass is 10.1. The Bertz CT molecular complexity index is 1040. The number of hydrogen-bond acceptors (Lipinski definition) is 5. The lowest BCUT2D eigenvalue weighted by molar-refractivity contribution is -0.918. The molecule has 3 heterocycles. The Labute approximate surface area is 173 Å². The Kier molecular flexibility index (Phi) is 5.97. The second-order valence-electron chi connectivity index (χ2n) is 7.43. The summed E-state index contributed by atoms with van der Waals surface area (Å²) in [6, 6.07) is 11.2. The summed E-state index contributed by atoms with van der Waals surface area (Å²) in [4.78, 5) is 26.8. The highest BCUT2D eigenvalue weighted by Gasteiger charge is 2.28. The van der Waals surface area contributed by atoms with Gasteiger partial charge >= 0.3 is 5.63 Å². The first-order valence-electron chi connectivity index (χ1n) is 9.92. The van der Waals surface area contributed by atoms with E-state index in [4.69, 9.17) is 9.15 Å². The third-order valence-corrected chi connectivity index (χ3v) is 6.41. The number of hydrogen-bond donors (Lipinski definition) is 2. The van der Waals surface area contributed by atoms with Crippen LogP contribution in [0.15, 0.2) is 51.0 Å². The highest BCUT2D eigenvalue weighted by molar-refractivity contribution is 7.10. The van der Waals surface area contributed by atoms with Crippen molar-refractivity contribution < 1.29 is 18.8 Å². The van der Waals surface area contributed by atoms with Crippen LogP contribution in [-0.2, 0) is 4.79 Å². The van der Waals surface area contributed by atoms with Crippen molar-refractivity contribution in [2.75, 3.05) is 26.2 Å². The maximum Gasteiger partial charge on any atom is 0.336 e. The number of carbonyl (C=O) groups excluding carboxylic acids is 1. The predicted molar refractivity (Wildman–Crippen MR) is 113 cm³/mol. The summed E-state index contributed by atoms with van der Waals surface area (Å²) in [5.74, 6) is 0.345. The minimum Gasteiger partial charge on any atom is -0.484 e. The van der Waals surface area contributed by atoms with E-state index in [0.29, 0.717) is 23.9 Å². The highest BCUT2D eigenvalue weighted by atomic mass is 32.1. The van der Waals surface area contributed by atoms with Gasteiger partial charge in [-0.1, -0.05) is 6.07 Å². The van der Waals surface area contributed by atoms with Crippen LogP contribution in [0.4, 0.5) is 0 Å². The molecule has 1 aliphatic heterocycles. The summed E-state index contributed by atoms with van der Waals surface area (Å²) in [7, 11) is 0. The normalized spacial score (nSPS) is 15.5. The lowest BCUT2D eigenvalue weighted by Crippen LogP contribution is -3.11. The third-order valence-electron chi connectivity index (χ3n) is 5.42. The summed E-state index contributed by atoms with van der Waals surface area (Å²) in [5, 5.41) is 5.96. The monoisotopic (exact) mass is 413 g/mol. The second kappa shape index (κ2) is 8.80. The number of likely N-dealkylation sites (tertiary alicyclic amines) is 1. The minimum absolute atomic E-state index is 0.0753. The average Bonchev–Trinajstić information content (AvgIpc) is 3.41. The molecule has 1 amide bonds. The van der Waals surface area contributed by atoms with Gasteiger partial charge in [-0.15, -0.1) is 11.3 Å². The van der Waals surface area contributed by atoms with E-state index < -0.39 is 5.63 Å². The Balaban J connectivity index is 1.36. The van der Waals surface area contributed by atoms with Crippen LogP contribution in [0.1, 0.15) is 29.3 Å². The van der Waals surface area contributed by atoms with Crippen molar-refractivity contribution in [1.29, 1.82) is 0 Å². The van der Waals surface area contributed by atoms with Crippen LogP contribution in [0.3, 0.4) is 0 Å². The zero-order valence-electron chi connectivity index (χ0n) is 16.4. The summed E-state index contributed by atoms with van der Waals surface area (Å²) < 4.78 is 10.9. The molecule has 152 valence electrons. The summed E-state index contributed by atoms with van der Waals surface area (Å²) >= 11 is 1.74. The van der Waals surface area contributed by atoms with Crippen LogP contribution in [0.25, 0.3) is 11.0 Å². The highest BCUT2D eigenvalue weighted by Crippen LogP contribution is 2.22. The fourth-order valence-corrected chi connectivity index (χ4v) is 4.81. The van der Waals surface area contributed by atoms with Crippen molar-refractivity contribution in [3.63, 3.8) is 0 Å². The van der Waals surface area contributed by atoms with Crippen molar-refractivity contribution in [3.8, 4) is 5.75 Å². The average molecular weight is 414 g/mol. The Hall–Kier alpha value is -2.64. The van der Waals surface area contributed by atoms with E-state index in [1.165, 1.54) is 28.7 Å². The number of rotatable bonds is 7. The van der Waals surface area contributed by atoms with E-state index in [9.17, 15) is 9.59 Å². The lowest BCUT2D eigenvalue weighted by Gasteiger charge is -2.24. The molecule has 1 saturated heterocycles. The molecular weight excluding hydrogens is 388 g/mol. The maximum absolute atomic E-state index is 12.4. The van der Waals surface area contributed by atoms with Crippen LogP contribution in [0.2, 0.25) is 0 Å². The second-order valence-corrected chi connectivity index (χ2v) is 8.41. The molecule has 29 heavy (non-hydrogen) atoms. The van der Waals surface area contributed by atoms with E-state index in [1.807, 2.05) is 13.0 Å². The first-order valence-corrected chi connectivity index (χ1v) is 10.8. The standard InChI is InChI=1S/C22H24N2O4S/c1-15-11-22(26)28-19-12-16(6-7-17(15)19)27-14-21(25)23-13-18(20-5-4-10-29-20)24-8-2-3-9-24/h4-7,10-12,18H,2-3,8-9,13-14H2,1H3,(H,23,25)/p+1/t18-/m0/s1. The molecule has 0 spiro atoms. The van der Waals surface area contributed by atoms with E-state index in [2.05, 4.69) is 22.8 Å². The molecule has 7 heteroatoms. The van der Waals surface area contributed by atoms with Gasteiger partial charge in [0.15, 0.2) is 6.61 Å². The van der Waals surface area contributed by atoms with Crippen LogP contribution in [0, 0.1) is 6.92 Å². The molecule has 4 rings (SSSR count). The van der Waals surface area contributed by atoms with E-state index in [1.54, 1.807) is 23.5 Å². The summed E-state index contributed by atoms with van der Waals surface area (Å²) in [6.07, 6.45) is 2.48. The number of benzene rings is 1. The van der Waals surface area contributed by atoms with Gasteiger partial charge in [0.05, 0.1) is 24.5 Å². The zero-order chi connectivity index (χ0) is 20.2. The van der Waals surface area contributed by atoms with Gasteiger partial charge < -0.3 is 19.4 Å². The number of ether oxygens (including phenoxy) is 1. The van der Waals surface area contributed by atoms with Gasteiger partial charge in [-0.05, 0) is 36.1 Å². The van der Waals surface area contributed by atoms with Crippen LogP contribution < -0.4 is 20.6 Å². The summed E-state index contributed by atoms with van der Waals surface area (Å²) in [6.45, 7) is 4.69. The van der Waals surface area contributed by atoms with Crippen molar-refractivity contribution >= 4 is 28.2 Å². The fraction of sp³-hybridized carbons (Fsp3) is 0.364. The van der Waals surface area contributed by atoms with Crippen LogP contribution in [0.5, 0.6) is 5.75 Å². The smallest absolute Gasteiger partial charge is 0.336 e. The van der Waals surface area contributed by atoms with Crippen LogP contribution >= 0.6 is 11.3 Å². The van der Waals surface area contributed by atoms with E-state index in [-0.39, 0.29) is 12.5 Å². The van der Waals surface area contributed by atoms with Gasteiger partial charge in [0, 0.05) is 30.4 Å². The first-order chi connectivity index (χ1) is 14.1. The number of fused-ring (bicyclic) bond motifs is 1. The molecule has 1 aromatic carbocycles. The SMILES string of the molecule is Cc1cc(=O)oc2cc(OCC(=O)NC[C@@H](c3cccs3)[NH+]3CCCC3)ccc12. The maximum atomic E-state index is 12.4. The number of nitrogens with one attached hydrogen (secondary N) is 2. The fourth-order valence-electron chi connectivity index (χ4n) is 3.92. The van der Waals surface area contributed by atoms with Crippen molar-refractivity contribution in [3.05, 3.63) is 62.6 Å². The number of carbonyl (C=O) groups is 1. The molecule has 1 fully saturated rings. The van der Waals surface area contributed by atoms with Gasteiger partial charge in [0.1, 0.15) is 17.4 Å². The quantitative estimate of drug-likeness (QED) is 0.582. The largest absolute Gasteiger partial charge is 0.484 e. The van der Waals surface area contributed by atoms with E-state index in [0.717, 1.165) is 24.0 Å². The van der Waals surface area contributed by atoms with Crippen molar-refractivity contribution in [1.82, 2.24) is 5.32 Å². The Morgan fingerprint density at radius 3 is 2.86 bits per heavy atom. The van der Waals surface area contributed by atoms with Gasteiger partial charge in [-0.3, -0.25) is 4.79 Å². The molecule has 3 aromatic rings. The Morgan fingerprint density at radius 2 is 2.10 bits per heavy atom. The van der Waals surface area contributed by atoms with Gasteiger partial charge in [0.2, 0.25) is 0 Å². The van der Waals surface area contributed by atoms with Crippen molar-refractivity contribution in [2.24, 2.45) is 0 Å². The molecule has 0 radical (unpaired) electrons. The van der Waals surface area contributed by atoms with Gasteiger partial charge in [-0.25, -0.2) is 4.79 Å². The Morgan fingerprint density at radius 1 is 1.28 bits per heavy atom. The number of quaternary nitrogens is 1. The van der Waals surface area contributed by atoms with Crippen LogP contribution in [-0.4, -0.2) is 32.1 Å². The molecular formula is C22H25N2O4S+. The van der Waals surface area contributed by atoms with Gasteiger partial charge in [0.25, 0.3) is 5.91 Å². The van der Waals surface area contributed by atoms with E-state index >= 15 is 0 Å². The molecule has 0 saturated carbocycles. The minimum atomic E-state index is -0.395. The van der Waals surface area contributed by atoms with Gasteiger partial charge in [-0.2, -0.15) is 0 Å². The molecule has 1 aliphatic rings. The molecule has 6 nitrogen and oxygen atoms in total. The zero-order valence-corrected chi connectivity index (χ0v) is 17.2. The number of aryl methyl sites for hydroxylation is 1. The molecule has 2 N–H and O–H groups in total. The topological polar surface area (TPSA) is 73.0 Å². The number of amides is 1. The first kappa shape index (κ1) is 19.7. The molecule has 0 unspecified atom stereocenters. The van der Waals surface area contributed by atoms with Crippen molar-refractivity contribution in [2.45, 2.75) is 25.8 Å². The number of thiophene rings is 1. The molecule has 2 aromatic heterocycles.